The lowest BCUT2D eigenvalue weighted by Crippen LogP contribution is -2.26. The summed E-state index contributed by atoms with van der Waals surface area (Å²) in [5.74, 6) is 0.211. The molecule has 0 saturated carbocycles. The highest BCUT2D eigenvalue weighted by atomic mass is 16.5. The van der Waals surface area contributed by atoms with Crippen LogP contribution >= 0.6 is 0 Å². The fourth-order valence-electron chi connectivity index (χ4n) is 2.79. The molecule has 0 unspecified atom stereocenters. The molecule has 0 bridgehead atoms. The van der Waals surface area contributed by atoms with Gasteiger partial charge in [0.2, 0.25) is 0 Å². The quantitative estimate of drug-likeness (QED) is 0.677. The van der Waals surface area contributed by atoms with Crippen molar-refractivity contribution in [1.29, 1.82) is 0 Å². The maximum Gasteiger partial charge on any atom is 0.422 e. The minimum Gasteiger partial charge on any atom is -0.493 e. The van der Waals surface area contributed by atoms with Gasteiger partial charge in [-0.1, -0.05) is 30.3 Å². The minimum absolute atomic E-state index is 0.425. The molecule has 3 rings (SSSR count). The molecule has 0 aliphatic carbocycles. The molecule has 0 N–H and O–H groups in total. The number of fused-ring (bicyclic) bond motifs is 1. The summed E-state index contributed by atoms with van der Waals surface area (Å²) in [6, 6.07) is 13.1. The normalized spacial score (nSPS) is 10.9. The highest BCUT2D eigenvalue weighted by Gasteiger charge is 2.11. The number of hydrogen-bond acceptors (Lipinski definition) is 4. The van der Waals surface area contributed by atoms with Gasteiger partial charge in [0.25, 0.3) is 0 Å². The number of aryl methyl sites for hydroxylation is 3. The molecular weight excluding hydrogens is 306 g/mol. The predicted molar refractivity (Wildman–Crippen MR) is 92.8 cm³/mol. The zero-order valence-electron chi connectivity index (χ0n) is 13.7. The van der Waals surface area contributed by atoms with Gasteiger partial charge >= 0.3 is 11.4 Å². The smallest absolute Gasteiger partial charge is 0.422 e. The van der Waals surface area contributed by atoms with E-state index in [4.69, 9.17) is 9.15 Å². The van der Waals surface area contributed by atoms with Crippen LogP contribution in [0.1, 0.15) is 17.5 Å². The number of benzene rings is 2. The van der Waals surface area contributed by atoms with Gasteiger partial charge in [-0.3, -0.25) is 4.57 Å². The Hall–Kier alpha value is -2.82. The highest BCUT2D eigenvalue weighted by molar-refractivity contribution is 5.80. The van der Waals surface area contributed by atoms with Crippen molar-refractivity contribution < 1.29 is 9.15 Å². The van der Waals surface area contributed by atoms with E-state index in [1.807, 2.05) is 44.2 Å². The molecule has 0 saturated heterocycles. The third-order valence-corrected chi connectivity index (χ3v) is 4.01. The van der Waals surface area contributed by atoms with Crippen molar-refractivity contribution in [3.63, 3.8) is 0 Å². The fourth-order valence-corrected chi connectivity index (χ4v) is 2.79. The predicted octanol–water partition coefficient (Wildman–Crippen LogP) is 3.04. The molecule has 3 aromatic rings. The lowest BCUT2D eigenvalue weighted by atomic mass is 10.1. The van der Waals surface area contributed by atoms with Crippen molar-refractivity contribution in [2.24, 2.45) is 0 Å². The van der Waals surface area contributed by atoms with E-state index in [0.29, 0.717) is 30.5 Å². The molecule has 0 aliphatic rings. The van der Waals surface area contributed by atoms with E-state index in [1.54, 1.807) is 12.1 Å². The Morgan fingerprint density at radius 1 is 1.00 bits per heavy atom. The Balaban J connectivity index is 1.80. The van der Waals surface area contributed by atoms with Crippen molar-refractivity contribution in [3.05, 3.63) is 74.6 Å². The second-order valence-electron chi connectivity index (χ2n) is 5.75. The maximum absolute atomic E-state index is 12.1. The topological polar surface area (TPSA) is 61.4 Å². The molecule has 0 spiro atoms. The summed E-state index contributed by atoms with van der Waals surface area (Å²) >= 11 is 0. The number of hydrogen-bond donors (Lipinski definition) is 0. The average Bonchev–Trinajstić information content (AvgIpc) is 2.56. The summed E-state index contributed by atoms with van der Waals surface area (Å²) in [4.78, 5) is 23.9. The molecule has 0 radical (unpaired) electrons. The van der Waals surface area contributed by atoms with Gasteiger partial charge < -0.3 is 9.15 Å². The van der Waals surface area contributed by atoms with Gasteiger partial charge in [-0.15, -0.1) is 0 Å². The molecule has 0 aliphatic heterocycles. The Labute approximate surface area is 139 Å². The van der Waals surface area contributed by atoms with Crippen LogP contribution < -0.4 is 16.1 Å². The monoisotopic (exact) mass is 325 g/mol. The van der Waals surface area contributed by atoms with Crippen LogP contribution in [-0.2, 0) is 6.54 Å². The Kier molecular flexibility index (Phi) is 4.51. The van der Waals surface area contributed by atoms with Gasteiger partial charge in [-0.2, -0.15) is 0 Å². The first kappa shape index (κ1) is 16.1. The third kappa shape index (κ3) is 3.11. The van der Waals surface area contributed by atoms with E-state index in [1.165, 1.54) is 4.57 Å². The van der Waals surface area contributed by atoms with Gasteiger partial charge in [0, 0.05) is 6.54 Å². The first-order valence-electron chi connectivity index (χ1n) is 7.89. The molecule has 0 amide bonds. The maximum atomic E-state index is 12.1. The Morgan fingerprint density at radius 3 is 2.54 bits per heavy atom. The molecule has 5 nitrogen and oxygen atoms in total. The molecule has 1 aromatic heterocycles. The second-order valence-corrected chi connectivity index (χ2v) is 5.75. The minimum atomic E-state index is -0.627. The zero-order chi connectivity index (χ0) is 17.1. The number of ether oxygens (including phenoxy) is 1. The van der Waals surface area contributed by atoms with Gasteiger partial charge in [0.05, 0.1) is 17.5 Å². The van der Waals surface area contributed by atoms with Crippen LogP contribution in [0.2, 0.25) is 0 Å². The van der Waals surface area contributed by atoms with Crippen LogP contribution in [0.25, 0.3) is 10.9 Å². The van der Waals surface area contributed by atoms with E-state index in [2.05, 4.69) is 0 Å². The summed E-state index contributed by atoms with van der Waals surface area (Å²) in [5.41, 5.74) is 1.99. The summed E-state index contributed by atoms with van der Waals surface area (Å²) in [7, 11) is 0. The Morgan fingerprint density at radius 2 is 1.75 bits per heavy atom. The van der Waals surface area contributed by atoms with Crippen molar-refractivity contribution >= 4 is 10.9 Å². The molecule has 5 heteroatoms. The van der Waals surface area contributed by atoms with E-state index in [9.17, 15) is 9.59 Å². The van der Waals surface area contributed by atoms with Crippen LogP contribution in [0.15, 0.2) is 56.5 Å². The van der Waals surface area contributed by atoms with Crippen LogP contribution in [0.5, 0.6) is 5.75 Å². The van der Waals surface area contributed by atoms with Crippen LogP contribution in [0.3, 0.4) is 0 Å². The fraction of sp³-hybridized carbons (Fsp3) is 0.263. The third-order valence-electron chi connectivity index (χ3n) is 4.01. The van der Waals surface area contributed by atoms with Gasteiger partial charge in [-0.05, 0) is 43.5 Å². The van der Waals surface area contributed by atoms with Crippen LogP contribution in [-0.4, -0.2) is 11.2 Å². The van der Waals surface area contributed by atoms with Crippen molar-refractivity contribution in [2.45, 2.75) is 26.8 Å². The van der Waals surface area contributed by atoms with E-state index in [-0.39, 0.29) is 0 Å². The van der Waals surface area contributed by atoms with Crippen molar-refractivity contribution in [2.75, 3.05) is 6.61 Å². The molecule has 2 aromatic carbocycles. The summed E-state index contributed by atoms with van der Waals surface area (Å²) in [6.07, 6.45) is 0.630. The summed E-state index contributed by atoms with van der Waals surface area (Å²) < 4.78 is 12.1. The molecule has 24 heavy (non-hydrogen) atoms. The van der Waals surface area contributed by atoms with Crippen molar-refractivity contribution in [1.82, 2.24) is 4.57 Å². The number of rotatable bonds is 5. The van der Waals surface area contributed by atoms with Crippen LogP contribution in [0.4, 0.5) is 0 Å². The van der Waals surface area contributed by atoms with Gasteiger partial charge in [-0.25, -0.2) is 9.59 Å². The van der Waals surface area contributed by atoms with Gasteiger partial charge in [0.15, 0.2) is 0 Å². The number of aromatic nitrogens is 1. The molecule has 1 heterocycles. The molecule has 124 valence electrons. The molecule has 0 atom stereocenters. The molecule has 0 fully saturated rings. The lowest BCUT2D eigenvalue weighted by Gasteiger charge is -2.12. The highest BCUT2D eigenvalue weighted by Crippen LogP contribution is 2.17. The first-order chi connectivity index (χ1) is 11.6. The van der Waals surface area contributed by atoms with Gasteiger partial charge in [0.1, 0.15) is 5.75 Å². The Bertz CT molecular complexity index is 985. The standard InChI is InChI=1S/C19H19NO4/c1-13-7-3-4-10-16(13)23-12-6-11-20-17-14(2)8-5-9-15(17)18(21)24-19(20)22/h3-5,7-10H,6,11-12H2,1-2H3. The number of nitrogens with zero attached hydrogens (tertiary/aromatic N) is 1. The van der Waals surface area contributed by atoms with E-state index >= 15 is 0 Å². The summed E-state index contributed by atoms with van der Waals surface area (Å²) in [5, 5.41) is 0.425. The zero-order valence-corrected chi connectivity index (χ0v) is 13.7. The van der Waals surface area contributed by atoms with E-state index < -0.39 is 11.4 Å². The van der Waals surface area contributed by atoms with Crippen LogP contribution in [0, 0.1) is 13.8 Å². The summed E-state index contributed by atoms with van der Waals surface area (Å²) in [6.45, 7) is 4.77. The SMILES string of the molecule is Cc1ccccc1OCCCn1c(=O)oc(=O)c2cccc(C)c21. The molecular formula is C19H19NO4. The first-order valence-corrected chi connectivity index (χ1v) is 7.89. The number of para-hydroxylation sites is 2. The average molecular weight is 325 g/mol. The van der Waals surface area contributed by atoms with E-state index in [0.717, 1.165) is 16.9 Å². The second kappa shape index (κ2) is 6.74. The lowest BCUT2D eigenvalue weighted by molar-refractivity contribution is 0.295. The van der Waals surface area contributed by atoms with Crippen molar-refractivity contribution in [3.8, 4) is 5.75 Å². The largest absolute Gasteiger partial charge is 0.493 e.